The lowest BCUT2D eigenvalue weighted by molar-refractivity contribution is -0.384. The normalized spacial score (nSPS) is 11.6. The number of rotatable bonds is 4. The number of hydrogen-bond acceptors (Lipinski definition) is 4. The highest BCUT2D eigenvalue weighted by Crippen LogP contribution is 2.17. The van der Waals surface area contributed by atoms with E-state index in [0.717, 1.165) is 11.3 Å². The van der Waals surface area contributed by atoms with Gasteiger partial charge in [0.05, 0.1) is 27.6 Å². The summed E-state index contributed by atoms with van der Waals surface area (Å²) in [6.07, 6.45) is 0. The first-order chi connectivity index (χ1) is 12.4. The lowest BCUT2D eigenvalue weighted by atomic mass is 10.1. The zero-order valence-electron chi connectivity index (χ0n) is 14.7. The van der Waals surface area contributed by atoms with Crippen LogP contribution < -0.4 is 5.56 Å². The molecular weight excluding hydrogens is 332 g/mol. The second-order valence-corrected chi connectivity index (χ2v) is 6.06. The third-order valence-corrected chi connectivity index (χ3v) is 4.08. The molecule has 0 spiro atoms. The minimum Gasteiger partial charge on any atom is -0.295 e. The molecule has 0 aliphatic heterocycles. The highest BCUT2D eigenvalue weighted by atomic mass is 16.6. The predicted octanol–water partition coefficient (Wildman–Crippen LogP) is 3.83. The van der Waals surface area contributed by atoms with Gasteiger partial charge in [-0.1, -0.05) is 17.7 Å². The number of H-pyrrole nitrogens is 1. The molecule has 1 heterocycles. The van der Waals surface area contributed by atoms with Crippen molar-refractivity contribution in [2.24, 2.45) is 4.99 Å². The number of aromatic nitrogens is 2. The van der Waals surface area contributed by atoms with Gasteiger partial charge in [-0.3, -0.25) is 25.0 Å². The number of nitro groups is 1. The highest BCUT2D eigenvalue weighted by Gasteiger charge is 2.16. The Morgan fingerprint density at radius 3 is 2.27 bits per heavy atom. The van der Waals surface area contributed by atoms with Crippen LogP contribution in [0.4, 0.5) is 11.4 Å². The number of aromatic amines is 1. The van der Waals surface area contributed by atoms with Gasteiger partial charge >= 0.3 is 0 Å². The van der Waals surface area contributed by atoms with E-state index < -0.39 is 4.92 Å². The number of aliphatic imine (C=N–C) groups is 1. The molecule has 0 amide bonds. The van der Waals surface area contributed by atoms with Crippen LogP contribution in [0.25, 0.3) is 5.69 Å². The lowest BCUT2D eigenvalue weighted by Crippen LogP contribution is -2.19. The van der Waals surface area contributed by atoms with Gasteiger partial charge in [-0.15, -0.1) is 0 Å². The molecule has 2 aromatic carbocycles. The van der Waals surface area contributed by atoms with Crippen molar-refractivity contribution in [3.63, 3.8) is 0 Å². The molecule has 3 rings (SSSR count). The molecule has 1 aromatic heterocycles. The maximum atomic E-state index is 12.8. The fraction of sp³-hybridized carbons (Fsp3) is 0.158. The van der Waals surface area contributed by atoms with E-state index in [4.69, 9.17) is 0 Å². The van der Waals surface area contributed by atoms with Gasteiger partial charge in [0.25, 0.3) is 11.2 Å². The second kappa shape index (κ2) is 6.79. The van der Waals surface area contributed by atoms with Gasteiger partial charge in [0.2, 0.25) is 0 Å². The molecule has 0 saturated carbocycles. The van der Waals surface area contributed by atoms with Crippen molar-refractivity contribution in [1.29, 1.82) is 0 Å². The number of nitro benzene ring substituents is 1. The zero-order valence-corrected chi connectivity index (χ0v) is 14.7. The Morgan fingerprint density at radius 2 is 1.69 bits per heavy atom. The molecule has 0 atom stereocenters. The summed E-state index contributed by atoms with van der Waals surface area (Å²) in [6, 6.07) is 13.5. The molecule has 3 aromatic rings. The van der Waals surface area contributed by atoms with Crippen LogP contribution in [0, 0.1) is 24.0 Å². The molecule has 26 heavy (non-hydrogen) atoms. The number of nitrogens with zero attached hydrogens (tertiary/aromatic N) is 3. The Kier molecular flexibility index (Phi) is 4.53. The minimum absolute atomic E-state index is 0.0255. The van der Waals surface area contributed by atoms with Crippen molar-refractivity contribution in [2.75, 3.05) is 0 Å². The van der Waals surface area contributed by atoms with E-state index in [1.165, 1.54) is 28.9 Å². The van der Waals surface area contributed by atoms with Crippen molar-refractivity contribution in [1.82, 2.24) is 9.78 Å². The Labute approximate surface area is 149 Å². The van der Waals surface area contributed by atoms with Crippen LogP contribution in [0.15, 0.2) is 58.3 Å². The largest absolute Gasteiger partial charge is 0.295 e. The molecular formula is C19H18N4O3. The average Bonchev–Trinajstić information content (AvgIpc) is 2.91. The van der Waals surface area contributed by atoms with Gasteiger partial charge in [0.15, 0.2) is 0 Å². The number of hydrogen-bond donors (Lipinski definition) is 1. The molecule has 1 N–H and O–H groups in total. The topological polar surface area (TPSA) is 93.3 Å². The summed E-state index contributed by atoms with van der Waals surface area (Å²) in [5.74, 6) is 0. The van der Waals surface area contributed by atoms with Crippen LogP contribution >= 0.6 is 0 Å². The summed E-state index contributed by atoms with van der Waals surface area (Å²) in [5, 5.41) is 13.8. The Morgan fingerprint density at radius 1 is 1.08 bits per heavy atom. The fourth-order valence-electron chi connectivity index (χ4n) is 2.75. The summed E-state index contributed by atoms with van der Waals surface area (Å²) in [7, 11) is 0. The van der Waals surface area contributed by atoms with Crippen LogP contribution in [-0.2, 0) is 0 Å². The standard InChI is InChI=1S/C19H18N4O3/c1-12-4-6-15(7-5-12)20-13(2)18-14(3)21-22(19(18)24)16-8-10-17(11-9-16)23(25)26/h4-11,21H,1-3H3. The number of nitrogens with one attached hydrogen (secondary N) is 1. The number of non-ortho nitro benzene ring substituents is 1. The molecule has 0 unspecified atom stereocenters. The van der Waals surface area contributed by atoms with Gasteiger partial charge in [0, 0.05) is 17.8 Å². The van der Waals surface area contributed by atoms with E-state index in [1.54, 1.807) is 13.8 Å². The third kappa shape index (κ3) is 3.32. The van der Waals surface area contributed by atoms with Gasteiger partial charge in [0.1, 0.15) is 0 Å². The first-order valence-electron chi connectivity index (χ1n) is 8.05. The summed E-state index contributed by atoms with van der Waals surface area (Å²) >= 11 is 0. The molecule has 0 saturated heterocycles. The van der Waals surface area contributed by atoms with E-state index in [1.807, 2.05) is 31.2 Å². The third-order valence-electron chi connectivity index (χ3n) is 4.08. The molecule has 132 valence electrons. The monoisotopic (exact) mass is 350 g/mol. The minimum atomic E-state index is -0.476. The van der Waals surface area contributed by atoms with Crippen LogP contribution in [0.1, 0.15) is 23.7 Å². The SMILES string of the molecule is CC(=Nc1ccc(C)cc1)c1c(C)[nH]n(-c2ccc([N+](=O)[O-])cc2)c1=O. The average molecular weight is 350 g/mol. The second-order valence-electron chi connectivity index (χ2n) is 6.06. The molecule has 7 nitrogen and oxygen atoms in total. The smallest absolute Gasteiger partial charge is 0.280 e. The first-order valence-corrected chi connectivity index (χ1v) is 8.05. The lowest BCUT2D eigenvalue weighted by Gasteiger charge is -2.01. The van der Waals surface area contributed by atoms with E-state index in [2.05, 4.69) is 10.1 Å². The highest BCUT2D eigenvalue weighted by molar-refractivity contribution is 6.00. The van der Waals surface area contributed by atoms with Gasteiger partial charge in [-0.05, 0) is 45.0 Å². The number of benzene rings is 2. The quantitative estimate of drug-likeness (QED) is 0.440. The van der Waals surface area contributed by atoms with Crippen LogP contribution in [-0.4, -0.2) is 20.4 Å². The van der Waals surface area contributed by atoms with Gasteiger partial charge in [-0.2, -0.15) is 0 Å². The maximum absolute atomic E-state index is 12.8. The Bertz CT molecular complexity index is 1040. The van der Waals surface area contributed by atoms with Gasteiger partial charge in [-0.25, -0.2) is 4.68 Å². The van der Waals surface area contributed by atoms with Gasteiger partial charge < -0.3 is 0 Å². The predicted molar refractivity (Wildman–Crippen MR) is 101 cm³/mol. The van der Waals surface area contributed by atoms with Crippen molar-refractivity contribution >= 4 is 17.1 Å². The van der Waals surface area contributed by atoms with Crippen molar-refractivity contribution in [3.8, 4) is 5.69 Å². The van der Waals surface area contributed by atoms with E-state index in [-0.39, 0.29) is 11.2 Å². The van der Waals surface area contributed by atoms with Crippen molar-refractivity contribution in [2.45, 2.75) is 20.8 Å². The van der Waals surface area contributed by atoms with E-state index >= 15 is 0 Å². The summed E-state index contributed by atoms with van der Waals surface area (Å²) in [4.78, 5) is 27.6. The van der Waals surface area contributed by atoms with Crippen molar-refractivity contribution < 1.29 is 4.92 Å². The molecule has 0 bridgehead atoms. The summed E-state index contributed by atoms with van der Waals surface area (Å²) in [6.45, 7) is 5.59. The Hall–Kier alpha value is -3.48. The van der Waals surface area contributed by atoms with E-state index in [0.29, 0.717) is 22.7 Å². The first kappa shape index (κ1) is 17.3. The van der Waals surface area contributed by atoms with Crippen LogP contribution in [0.2, 0.25) is 0 Å². The number of aryl methyl sites for hydroxylation is 2. The molecule has 7 heteroatoms. The molecule has 0 fully saturated rings. The Balaban J connectivity index is 2.01. The fourth-order valence-corrected chi connectivity index (χ4v) is 2.75. The van der Waals surface area contributed by atoms with Crippen LogP contribution in [0.3, 0.4) is 0 Å². The maximum Gasteiger partial charge on any atom is 0.280 e. The van der Waals surface area contributed by atoms with E-state index in [9.17, 15) is 14.9 Å². The molecule has 0 radical (unpaired) electrons. The van der Waals surface area contributed by atoms with Crippen molar-refractivity contribution in [3.05, 3.63) is 85.8 Å². The summed E-state index contributed by atoms with van der Waals surface area (Å²) in [5.41, 5.74) is 3.94. The zero-order chi connectivity index (χ0) is 18.8. The summed E-state index contributed by atoms with van der Waals surface area (Å²) < 4.78 is 1.36. The molecule has 0 aliphatic carbocycles. The van der Waals surface area contributed by atoms with Crippen LogP contribution in [0.5, 0.6) is 0 Å². The molecule has 0 aliphatic rings.